The molecule has 10 heteroatoms. The Morgan fingerprint density at radius 1 is 1.13 bits per heavy atom. The van der Waals surface area contributed by atoms with Crippen LogP contribution in [0.3, 0.4) is 0 Å². The van der Waals surface area contributed by atoms with Crippen molar-refractivity contribution in [2.45, 2.75) is 23.8 Å². The number of carbonyl (C=O) groups is 1. The van der Waals surface area contributed by atoms with E-state index in [9.17, 15) is 13.2 Å². The zero-order chi connectivity index (χ0) is 21.8. The van der Waals surface area contributed by atoms with Crippen molar-refractivity contribution in [2.24, 2.45) is 0 Å². The van der Waals surface area contributed by atoms with Crippen LogP contribution in [0, 0.1) is 0 Å². The van der Waals surface area contributed by atoms with Gasteiger partial charge < -0.3 is 14.5 Å². The maximum absolute atomic E-state index is 13.0. The lowest BCUT2D eigenvalue weighted by atomic mass is 10.1. The Morgan fingerprint density at radius 3 is 2.55 bits per heavy atom. The molecular formula is C21H26ClN3O5S. The monoisotopic (exact) mass is 467 g/mol. The number of halogens is 1. The number of rotatable bonds is 7. The van der Waals surface area contributed by atoms with E-state index in [-0.39, 0.29) is 40.5 Å². The second-order valence-electron chi connectivity index (χ2n) is 7.65. The van der Waals surface area contributed by atoms with Gasteiger partial charge in [-0.3, -0.25) is 9.69 Å². The number of hydrogen-bond acceptors (Lipinski definition) is 6. The van der Waals surface area contributed by atoms with E-state index in [0.29, 0.717) is 19.8 Å². The zero-order valence-corrected chi connectivity index (χ0v) is 18.7. The smallest absolute Gasteiger partial charge is 0.251 e. The number of hydrogen-bond donors (Lipinski definition) is 1. The normalized spacial score (nSPS) is 19.4. The molecule has 8 nitrogen and oxygen atoms in total. The summed E-state index contributed by atoms with van der Waals surface area (Å²) in [7, 11) is -3.81. The summed E-state index contributed by atoms with van der Waals surface area (Å²) < 4.78 is 38.2. The number of morpholine rings is 1. The maximum Gasteiger partial charge on any atom is 0.251 e. The van der Waals surface area contributed by atoms with Gasteiger partial charge in [0.1, 0.15) is 10.7 Å². The average Bonchev–Trinajstić information content (AvgIpc) is 3.50. The van der Waals surface area contributed by atoms with Gasteiger partial charge in [-0.15, -0.1) is 0 Å². The van der Waals surface area contributed by atoms with Crippen LogP contribution in [0.25, 0.3) is 0 Å². The Labute approximate surface area is 187 Å². The summed E-state index contributed by atoms with van der Waals surface area (Å²) in [5.74, 6) is 0.444. The van der Waals surface area contributed by atoms with Gasteiger partial charge in [-0.1, -0.05) is 11.6 Å². The Morgan fingerprint density at radius 2 is 1.87 bits per heavy atom. The molecule has 31 heavy (non-hydrogen) atoms. The highest BCUT2D eigenvalue weighted by Gasteiger charge is 2.30. The fourth-order valence-electron chi connectivity index (χ4n) is 4.00. The van der Waals surface area contributed by atoms with Crippen LogP contribution in [0.2, 0.25) is 5.02 Å². The molecule has 1 aromatic carbocycles. The minimum absolute atomic E-state index is 0.0640. The van der Waals surface area contributed by atoms with Crippen molar-refractivity contribution in [2.75, 3.05) is 45.9 Å². The van der Waals surface area contributed by atoms with Gasteiger partial charge >= 0.3 is 0 Å². The van der Waals surface area contributed by atoms with Crippen LogP contribution in [-0.2, 0) is 14.8 Å². The largest absolute Gasteiger partial charge is 0.468 e. The van der Waals surface area contributed by atoms with E-state index < -0.39 is 10.0 Å². The summed E-state index contributed by atoms with van der Waals surface area (Å²) >= 11 is 6.20. The molecule has 4 rings (SSSR count). The minimum atomic E-state index is -3.81. The number of nitrogens with zero attached hydrogens (tertiary/aromatic N) is 2. The fourth-order valence-corrected chi connectivity index (χ4v) is 5.91. The molecule has 1 N–H and O–H groups in total. The molecule has 2 aromatic rings. The second kappa shape index (κ2) is 9.70. The zero-order valence-electron chi connectivity index (χ0n) is 17.1. The summed E-state index contributed by atoms with van der Waals surface area (Å²) in [6.45, 7) is 3.45. The van der Waals surface area contributed by atoms with Gasteiger partial charge in [-0.05, 0) is 56.3 Å². The highest BCUT2D eigenvalue weighted by Crippen LogP contribution is 2.27. The van der Waals surface area contributed by atoms with Crippen molar-refractivity contribution >= 4 is 27.5 Å². The standard InChI is InChI=1S/C21H26ClN3O5S/c22-17-6-5-16(14-20(17)31(27,28)25-9-12-29-13-10-25)21(26)23-15-18(19-4-3-11-30-19)24-7-1-2-8-24/h3-6,11,14,18H,1-2,7-10,12-13,15H2,(H,23,26)/t18-/m0/s1. The Balaban J connectivity index is 1.50. The number of ether oxygens (including phenoxy) is 1. The lowest BCUT2D eigenvalue weighted by Gasteiger charge is -2.27. The van der Waals surface area contributed by atoms with Crippen LogP contribution >= 0.6 is 11.6 Å². The van der Waals surface area contributed by atoms with Crippen molar-refractivity contribution in [1.82, 2.24) is 14.5 Å². The van der Waals surface area contributed by atoms with E-state index in [1.54, 1.807) is 6.26 Å². The molecule has 0 bridgehead atoms. The van der Waals surface area contributed by atoms with Gasteiger partial charge in [0, 0.05) is 25.2 Å². The molecule has 2 aliphatic rings. The first-order valence-corrected chi connectivity index (χ1v) is 12.2. The van der Waals surface area contributed by atoms with Crippen molar-refractivity contribution in [3.05, 3.63) is 52.9 Å². The van der Waals surface area contributed by atoms with E-state index in [0.717, 1.165) is 31.7 Å². The van der Waals surface area contributed by atoms with Crippen molar-refractivity contribution in [1.29, 1.82) is 0 Å². The molecule has 0 spiro atoms. The van der Waals surface area contributed by atoms with Gasteiger partial charge in [-0.2, -0.15) is 4.31 Å². The molecule has 1 amide bonds. The fraction of sp³-hybridized carbons (Fsp3) is 0.476. The Kier molecular flexibility index (Phi) is 6.98. The highest BCUT2D eigenvalue weighted by atomic mass is 35.5. The molecule has 1 aromatic heterocycles. The maximum atomic E-state index is 13.0. The predicted molar refractivity (Wildman–Crippen MR) is 116 cm³/mol. The summed E-state index contributed by atoms with van der Waals surface area (Å²) in [6.07, 6.45) is 3.86. The van der Waals surface area contributed by atoms with E-state index >= 15 is 0 Å². The number of nitrogens with one attached hydrogen (secondary N) is 1. The summed E-state index contributed by atoms with van der Waals surface area (Å²) in [6, 6.07) is 8.01. The average molecular weight is 468 g/mol. The van der Waals surface area contributed by atoms with Gasteiger partial charge in [0.2, 0.25) is 10.0 Å². The Bertz CT molecular complexity index is 1000. The van der Waals surface area contributed by atoms with Gasteiger partial charge in [0.25, 0.3) is 5.91 Å². The molecule has 168 valence electrons. The molecule has 0 aliphatic carbocycles. The third-order valence-electron chi connectivity index (χ3n) is 5.69. The molecule has 0 radical (unpaired) electrons. The van der Waals surface area contributed by atoms with Gasteiger partial charge in [-0.25, -0.2) is 8.42 Å². The van der Waals surface area contributed by atoms with Crippen LogP contribution in [0.5, 0.6) is 0 Å². The molecule has 2 fully saturated rings. The van der Waals surface area contributed by atoms with E-state index in [1.807, 2.05) is 12.1 Å². The van der Waals surface area contributed by atoms with Gasteiger partial charge in [0.05, 0.1) is 30.5 Å². The molecule has 0 unspecified atom stereocenters. The summed E-state index contributed by atoms with van der Waals surface area (Å²) in [4.78, 5) is 15.1. The molecular weight excluding hydrogens is 442 g/mol. The third-order valence-corrected chi connectivity index (χ3v) is 8.07. The first-order chi connectivity index (χ1) is 15.0. The van der Waals surface area contributed by atoms with E-state index in [1.165, 1.54) is 22.5 Å². The number of sulfonamides is 1. The predicted octanol–water partition coefficient (Wildman–Crippen LogP) is 2.52. The molecule has 2 aliphatic heterocycles. The topological polar surface area (TPSA) is 92.1 Å². The number of amides is 1. The third kappa shape index (κ3) is 4.96. The van der Waals surface area contributed by atoms with Crippen molar-refractivity contribution in [3.63, 3.8) is 0 Å². The number of likely N-dealkylation sites (tertiary alicyclic amines) is 1. The molecule has 3 heterocycles. The SMILES string of the molecule is O=C(NC[C@@H](c1ccco1)N1CCCC1)c1ccc(Cl)c(S(=O)(=O)N2CCOCC2)c1. The van der Waals surface area contributed by atoms with E-state index in [2.05, 4.69) is 10.2 Å². The van der Waals surface area contributed by atoms with Crippen LogP contribution in [-0.4, -0.2) is 69.5 Å². The molecule has 1 atom stereocenters. The summed E-state index contributed by atoms with van der Waals surface area (Å²) in [5, 5.41) is 3.02. The van der Waals surface area contributed by atoms with Crippen LogP contribution in [0.1, 0.15) is 35.0 Å². The Hall–Kier alpha value is -1.91. The molecule has 0 saturated carbocycles. The van der Waals surface area contributed by atoms with Gasteiger partial charge in [0.15, 0.2) is 0 Å². The number of carbonyl (C=O) groups excluding carboxylic acids is 1. The number of furan rings is 1. The molecule has 2 saturated heterocycles. The summed E-state index contributed by atoms with van der Waals surface area (Å²) in [5.41, 5.74) is 0.246. The number of benzene rings is 1. The first kappa shape index (κ1) is 22.3. The lowest BCUT2D eigenvalue weighted by Crippen LogP contribution is -2.40. The highest BCUT2D eigenvalue weighted by molar-refractivity contribution is 7.89. The minimum Gasteiger partial charge on any atom is -0.468 e. The lowest BCUT2D eigenvalue weighted by molar-refractivity contribution is 0.0730. The van der Waals surface area contributed by atoms with Crippen LogP contribution < -0.4 is 5.32 Å². The van der Waals surface area contributed by atoms with Crippen LogP contribution in [0.15, 0.2) is 45.9 Å². The quantitative estimate of drug-likeness (QED) is 0.672. The van der Waals surface area contributed by atoms with E-state index in [4.69, 9.17) is 20.8 Å². The second-order valence-corrected chi connectivity index (χ2v) is 9.96. The van der Waals surface area contributed by atoms with Crippen molar-refractivity contribution < 1.29 is 22.4 Å². The first-order valence-electron chi connectivity index (χ1n) is 10.4. The van der Waals surface area contributed by atoms with Crippen molar-refractivity contribution in [3.8, 4) is 0 Å². The van der Waals surface area contributed by atoms with Crippen LogP contribution in [0.4, 0.5) is 0 Å².